The molecule has 124 valence electrons. The minimum Gasteiger partial charge on any atom is -0.396 e. The summed E-state index contributed by atoms with van der Waals surface area (Å²) >= 11 is 0. The number of rotatable bonds is 8. The van der Waals surface area contributed by atoms with Gasteiger partial charge in [0.1, 0.15) is 0 Å². The number of aliphatic hydroxyl groups excluding tert-OH is 1. The Bertz CT molecular complexity index is 562. The van der Waals surface area contributed by atoms with Gasteiger partial charge in [-0.25, -0.2) is 0 Å². The second kappa shape index (κ2) is 8.48. The lowest BCUT2D eigenvalue weighted by Crippen LogP contribution is -2.33. The van der Waals surface area contributed by atoms with E-state index in [1.165, 1.54) is 6.08 Å². The summed E-state index contributed by atoms with van der Waals surface area (Å²) in [6, 6.07) is 7.49. The van der Waals surface area contributed by atoms with Gasteiger partial charge in [0.15, 0.2) is 0 Å². The number of carbonyl (C=O) groups is 2. The number of nitrogens with one attached hydrogen (secondary N) is 2. The molecule has 1 aromatic rings. The molecule has 0 spiro atoms. The third kappa shape index (κ3) is 5.87. The zero-order valence-corrected chi connectivity index (χ0v) is 13.4. The average Bonchev–Trinajstić information content (AvgIpc) is 3.37. The summed E-state index contributed by atoms with van der Waals surface area (Å²) in [4.78, 5) is 23.7. The second-order valence-corrected chi connectivity index (χ2v) is 5.83. The number of carbonyl (C=O) groups excluding carboxylic acids is 2. The molecule has 2 amide bonds. The molecule has 3 N–H and O–H groups in total. The number of hydrogen-bond acceptors (Lipinski definition) is 3. The van der Waals surface area contributed by atoms with Gasteiger partial charge >= 0.3 is 0 Å². The number of hydrogen-bond donors (Lipinski definition) is 3. The van der Waals surface area contributed by atoms with Crippen LogP contribution >= 0.6 is 0 Å². The summed E-state index contributed by atoms with van der Waals surface area (Å²) in [6.45, 7) is 2.03. The van der Waals surface area contributed by atoms with Crippen molar-refractivity contribution >= 4 is 17.9 Å². The van der Waals surface area contributed by atoms with Crippen LogP contribution in [-0.4, -0.2) is 35.6 Å². The quantitative estimate of drug-likeness (QED) is 0.641. The molecule has 0 aliphatic heterocycles. The van der Waals surface area contributed by atoms with E-state index in [-0.39, 0.29) is 24.5 Å². The number of amides is 2. The van der Waals surface area contributed by atoms with Crippen molar-refractivity contribution in [3.63, 3.8) is 0 Å². The highest BCUT2D eigenvalue weighted by atomic mass is 16.3. The van der Waals surface area contributed by atoms with Crippen LogP contribution in [0.25, 0.3) is 6.08 Å². The molecule has 0 heterocycles. The van der Waals surface area contributed by atoms with Crippen LogP contribution in [0.4, 0.5) is 0 Å². The van der Waals surface area contributed by atoms with Gasteiger partial charge in [-0.05, 0) is 49.5 Å². The standard InChI is InChI=1S/C18H24N2O3/c1-2-15(11-12-21)19-17(22)10-5-13-3-6-14(7-4-13)18(23)20-16-8-9-16/h3-7,10,15-16,21H,2,8-9,11-12H2,1H3,(H,19,22)(H,20,23)/b10-5+. The lowest BCUT2D eigenvalue weighted by Gasteiger charge is -2.13. The maximum atomic E-state index is 11.9. The van der Waals surface area contributed by atoms with Crippen molar-refractivity contribution in [3.8, 4) is 0 Å². The van der Waals surface area contributed by atoms with Gasteiger partial charge in [0.2, 0.25) is 5.91 Å². The van der Waals surface area contributed by atoms with E-state index in [4.69, 9.17) is 5.11 Å². The Labute approximate surface area is 136 Å². The molecule has 0 saturated heterocycles. The van der Waals surface area contributed by atoms with E-state index in [1.807, 2.05) is 19.1 Å². The predicted octanol–water partition coefficient (Wildman–Crippen LogP) is 1.87. The number of aliphatic hydroxyl groups is 1. The van der Waals surface area contributed by atoms with Crippen LogP contribution < -0.4 is 10.6 Å². The molecule has 0 bridgehead atoms. The van der Waals surface area contributed by atoms with Crippen molar-refractivity contribution in [1.29, 1.82) is 0 Å². The first-order valence-corrected chi connectivity index (χ1v) is 8.12. The topological polar surface area (TPSA) is 78.4 Å². The van der Waals surface area contributed by atoms with Crippen molar-refractivity contribution in [1.82, 2.24) is 10.6 Å². The summed E-state index contributed by atoms with van der Waals surface area (Å²) in [6.07, 6.45) is 6.65. The molecule has 1 unspecified atom stereocenters. The van der Waals surface area contributed by atoms with Crippen LogP contribution in [0.15, 0.2) is 30.3 Å². The highest BCUT2D eigenvalue weighted by Crippen LogP contribution is 2.19. The predicted molar refractivity (Wildman–Crippen MR) is 89.9 cm³/mol. The Kier molecular flexibility index (Phi) is 6.35. The Balaban J connectivity index is 1.86. The smallest absolute Gasteiger partial charge is 0.251 e. The van der Waals surface area contributed by atoms with Crippen molar-refractivity contribution in [2.75, 3.05) is 6.61 Å². The Morgan fingerprint density at radius 1 is 1.30 bits per heavy atom. The van der Waals surface area contributed by atoms with E-state index in [1.54, 1.807) is 18.2 Å². The van der Waals surface area contributed by atoms with Gasteiger partial charge in [-0.3, -0.25) is 9.59 Å². The average molecular weight is 316 g/mol. The minimum atomic E-state index is -0.180. The molecule has 5 heteroatoms. The molecular weight excluding hydrogens is 292 g/mol. The molecule has 0 aromatic heterocycles. The van der Waals surface area contributed by atoms with Gasteiger partial charge in [-0.2, -0.15) is 0 Å². The van der Waals surface area contributed by atoms with Crippen molar-refractivity contribution in [2.45, 2.75) is 44.7 Å². The summed E-state index contributed by atoms with van der Waals surface area (Å²) in [7, 11) is 0. The lowest BCUT2D eigenvalue weighted by atomic mass is 10.1. The second-order valence-electron chi connectivity index (χ2n) is 5.83. The number of benzene rings is 1. The van der Waals surface area contributed by atoms with E-state index in [0.717, 1.165) is 24.8 Å². The van der Waals surface area contributed by atoms with Gasteiger partial charge in [-0.1, -0.05) is 19.1 Å². The van der Waals surface area contributed by atoms with E-state index in [2.05, 4.69) is 10.6 Å². The van der Waals surface area contributed by atoms with Gasteiger partial charge in [0.05, 0.1) is 0 Å². The Morgan fingerprint density at radius 2 is 2.00 bits per heavy atom. The monoisotopic (exact) mass is 316 g/mol. The highest BCUT2D eigenvalue weighted by molar-refractivity contribution is 5.95. The molecule has 5 nitrogen and oxygen atoms in total. The molecular formula is C18H24N2O3. The summed E-state index contributed by atoms with van der Waals surface area (Å²) in [5.41, 5.74) is 1.49. The van der Waals surface area contributed by atoms with Crippen LogP contribution in [0.5, 0.6) is 0 Å². The van der Waals surface area contributed by atoms with Gasteiger partial charge in [-0.15, -0.1) is 0 Å². The van der Waals surface area contributed by atoms with E-state index < -0.39 is 0 Å². The zero-order valence-electron chi connectivity index (χ0n) is 13.4. The minimum absolute atomic E-state index is 0.00866. The van der Waals surface area contributed by atoms with Crippen LogP contribution in [0.1, 0.15) is 48.5 Å². The normalized spacial score (nSPS) is 15.4. The third-order valence-corrected chi connectivity index (χ3v) is 3.83. The summed E-state index contributed by atoms with van der Waals surface area (Å²) in [5.74, 6) is -0.226. The van der Waals surface area contributed by atoms with Crippen LogP contribution in [0.3, 0.4) is 0 Å². The maximum absolute atomic E-state index is 11.9. The van der Waals surface area contributed by atoms with Gasteiger partial charge < -0.3 is 15.7 Å². The van der Waals surface area contributed by atoms with Crippen molar-refractivity contribution in [3.05, 3.63) is 41.5 Å². The van der Waals surface area contributed by atoms with E-state index >= 15 is 0 Å². The SMILES string of the molecule is CCC(CCO)NC(=O)/C=C/c1ccc(C(=O)NC2CC2)cc1. The highest BCUT2D eigenvalue weighted by Gasteiger charge is 2.23. The first-order chi connectivity index (χ1) is 11.1. The first kappa shape index (κ1) is 17.2. The van der Waals surface area contributed by atoms with Crippen molar-refractivity contribution < 1.29 is 14.7 Å². The molecule has 0 radical (unpaired) electrons. The fourth-order valence-corrected chi connectivity index (χ4v) is 2.20. The first-order valence-electron chi connectivity index (χ1n) is 8.12. The molecule has 23 heavy (non-hydrogen) atoms. The van der Waals surface area contributed by atoms with Crippen LogP contribution in [-0.2, 0) is 4.79 Å². The fourth-order valence-electron chi connectivity index (χ4n) is 2.20. The third-order valence-electron chi connectivity index (χ3n) is 3.83. The largest absolute Gasteiger partial charge is 0.396 e. The molecule has 1 atom stereocenters. The van der Waals surface area contributed by atoms with Gasteiger partial charge in [0, 0.05) is 30.3 Å². The van der Waals surface area contributed by atoms with E-state index in [9.17, 15) is 9.59 Å². The maximum Gasteiger partial charge on any atom is 0.251 e. The molecule has 1 aliphatic rings. The zero-order chi connectivity index (χ0) is 16.7. The summed E-state index contributed by atoms with van der Waals surface area (Å²) < 4.78 is 0. The molecule has 1 aromatic carbocycles. The fraction of sp³-hybridized carbons (Fsp3) is 0.444. The molecule has 1 saturated carbocycles. The van der Waals surface area contributed by atoms with Crippen LogP contribution in [0.2, 0.25) is 0 Å². The van der Waals surface area contributed by atoms with Crippen molar-refractivity contribution in [2.24, 2.45) is 0 Å². The Morgan fingerprint density at radius 3 is 2.57 bits per heavy atom. The van der Waals surface area contributed by atoms with Crippen LogP contribution in [0, 0.1) is 0 Å². The summed E-state index contributed by atoms with van der Waals surface area (Å²) in [5, 5.41) is 14.7. The molecule has 1 aliphatic carbocycles. The lowest BCUT2D eigenvalue weighted by molar-refractivity contribution is -0.117. The molecule has 2 rings (SSSR count). The molecule has 1 fully saturated rings. The van der Waals surface area contributed by atoms with E-state index in [0.29, 0.717) is 18.0 Å². The van der Waals surface area contributed by atoms with Gasteiger partial charge in [0.25, 0.3) is 5.91 Å². The Hall–Kier alpha value is -2.14.